The van der Waals surface area contributed by atoms with Crippen LogP contribution in [0, 0.1) is 6.92 Å². The van der Waals surface area contributed by atoms with E-state index in [1.165, 1.54) is 11.1 Å². The fraction of sp³-hybridized carbons (Fsp3) is 0.0500. The van der Waals surface area contributed by atoms with Crippen LogP contribution < -0.4 is 5.32 Å². The van der Waals surface area contributed by atoms with Crippen molar-refractivity contribution in [1.29, 1.82) is 0 Å². The fourth-order valence-electron chi connectivity index (χ4n) is 2.39. The van der Waals surface area contributed by atoms with E-state index < -0.39 is 0 Å². The molecule has 0 saturated carbocycles. The molecule has 0 saturated heterocycles. The van der Waals surface area contributed by atoms with Gasteiger partial charge in [-0.2, -0.15) is 0 Å². The lowest BCUT2D eigenvalue weighted by atomic mass is 9.99. The van der Waals surface area contributed by atoms with Gasteiger partial charge in [-0.3, -0.25) is 0 Å². The third-order valence-electron chi connectivity index (χ3n) is 3.57. The maximum Gasteiger partial charge on any atom is 0.111 e. The Morgan fingerprint density at radius 1 is 0.773 bits per heavy atom. The molecule has 3 aromatic rings. The van der Waals surface area contributed by atoms with E-state index >= 15 is 0 Å². The van der Waals surface area contributed by atoms with Gasteiger partial charge in [0.15, 0.2) is 0 Å². The van der Waals surface area contributed by atoms with Gasteiger partial charge in [0.25, 0.3) is 0 Å². The van der Waals surface area contributed by atoms with Crippen LogP contribution in [-0.4, -0.2) is 4.99 Å². The molecule has 3 rings (SSSR count). The van der Waals surface area contributed by atoms with Gasteiger partial charge in [0, 0.05) is 11.3 Å². The lowest BCUT2D eigenvalue weighted by molar-refractivity contribution is 1.47. The average molecular weight is 303 g/mol. The van der Waals surface area contributed by atoms with Gasteiger partial charge in [-0.05, 0) is 30.2 Å². The molecular weight excluding hydrogens is 286 g/mol. The summed E-state index contributed by atoms with van der Waals surface area (Å²) in [6.45, 7) is 2.08. The Hall–Kier alpha value is -2.45. The SMILES string of the molecule is Cc1ccc(NC(=S)c2ccccc2-c2ccccc2)cc1. The van der Waals surface area contributed by atoms with Crippen LogP contribution in [0.4, 0.5) is 5.69 Å². The summed E-state index contributed by atoms with van der Waals surface area (Å²) in [6, 6.07) is 26.8. The molecule has 0 spiro atoms. The number of aryl methyl sites for hydroxylation is 1. The molecule has 0 aliphatic heterocycles. The van der Waals surface area contributed by atoms with Gasteiger partial charge in [-0.1, -0.05) is 84.5 Å². The highest BCUT2D eigenvalue weighted by molar-refractivity contribution is 7.81. The summed E-state index contributed by atoms with van der Waals surface area (Å²) in [5.74, 6) is 0. The number of rotatable bonds is 3. The van der Waals surface area contributed by atoms with Crippen molar-refractivity contribution in [1.82, 2.24) is 0 Å². The zero-order valence-corrected chi connectivity index (χ0v) is 13.2. The second kappa shape index (κ2) is 6.54. The molecule has 0 amide bonds. The Kier molecular flexibility index (Phi) is 4.31. The van der Waals surface area contributed by atoms with Gasteiger partial charge in [0.1, 0.15) is 4.99 Å². The highest BCUT2D eigenvalue weighted by Crippen LogP contribution is 2.24. The summed E-state index contributed by atoms with van der Waals surface area (Å²) in [5.41, 5.74) is 5.61. The van der Waals surface area contributed by atoms with Gasteiger partial charge in [-0.25, -0.2) is 0 Å². The Balaban J connectivity index is 1.91. The number of hydrogen-bond acceptors (Lipinski definition) is 1. The number of hydrogen-bond donors (Lipinski definition) is 1. The minimum absolute atomic E-state index is 0.739. The molecule has 0 atom stereocenters. The Morgan fingerprint density at radius 3 is 2.14 bits per heavy atom. The molecule has 22 heavy (non-hydrogen) atoms. The third-order valence-corrected chi connectivity index (χ3v) is 3.89. The first-order chi connectivity index (χ1) is 10.7. The topological polar surface area (TPSA) is 12.0 Å². The maximum atomic E-state index is 5.61. The zero-order valence-electron chi connectivity index (χ0n) is 12.4. The van der Waals surface area contributed by atoms with E-state index in [0.717, 1.165) is 21.8 Å². The molecule has 1 nitrogen and oxygen atoms in total. The molecule has 0 bridgehead atoms. The van der Waals surface area contributed by atoms with E-state index in [2.05, 4.69) is 48.6 Å². The Bertz CT molecular complexity index is 776. The van der Waals surface area contributed by atoms with Crippen LogP contribution in [-0.2, 0) is 0 Å². The predicted octanol–water partition coefficient (Wildman–Crippen LogP) is 5.45. The van der Waals surface area contributed by atoms with Crippen LogP contribution in [0.25, 0.3) is 11.1 Å². The molecule has 0 heterocycles. The smallest absolute Gasteiger partial charge is 0.111 e. The molecule has 0 fully saturated rings. The van der Waals surface area contributed by atoms with Gasteiger partial charge in [0.2, 0.25) is 0 Å². The summed E-state index contributed by atoms with van der Waals surface area (Å²) in [5, 5.41) is 3.33. The van der Waals surface area contributed by atoms with Crippen molar-refractivity contribution in [3.05, 3.63) is 90.0 Å². The zero-order chi connectivity index (χ0) is 15.4. The monoisotopic (exact) mass is 303 g/mol. The van der Waals surface area contributed by atoms with Gasteiger partial charge in [-0.15, -0.1) is 0 Å². The van der Waals surface area contributed by atoms with Crippen LogP contribution in [0.2, 0.25) is 0 Å². The summed E-state index contributed by atoms with van der Waals surface area (Å²) < 4.78 is 0. The number of anilines is 1. The molecule has 1 N–H and O–H groups in total. The summed E-state index contributed by atoms with van der Waals surface area (Å²) >= 11 is 5.61. The molecule has 0 unspecified atom stereocenters. The standard InChI is InChI=1S/C20H17NS/c1-15-11-13-17(14-12-15)21-20(22)19-10-6-5-9-18(19)16-7-3-2-4-8-16/h2-14H,1H3,(H,21,22). The fourth-order valence-corrected chi connectivity index (χ4v) is 2.68. The first-order valence-corrected chi connectivity index (χ1v) is 7.67. The largest absolute Gasteiger partial charge is 0.346 e. The van der Waals surface area contributed by atoms with Gasteiger partial charge >= 0.3 is 0 Å². The van der Waals surface area contributed by atoms with Crippen LogP contribution in [0.3, 0.4) is 0 Å². The molecule has 0 aromatic heterocycles. The minimum atomic E-state index is 0.739. The second-order valence-corrected chi connectivity index (χ2v) is 5.64. The maximum absolute atomic E-state index is 5.61. The lowest BCUT2D eigenvalue weighted by Crippen LogP contribution is -2.11. The Labute approximate surface area is 136 Å². The van der Waals surface area contributed by atoms with Crippen molar-refractivity contribution in [2.24, 2.45) is 0 Å². The van der Waals surface area contributed by atoms with Crippen molar-refractivity contribution in [3.63, 3.8) is 0 Å². The number of benzene rings is 3. The van der Waals surface area contributed by atoms with Crippen LogP contribution in [0.15, 0.2) is 78.9 Å². The van der Waals surface area contributed by atoms with Crippen molar-refractivity contribution in [3.8, 4) is 11.1 Å². The van der Waals surface area contributed by atoms with E-state index in [-0.39, 0.29) is 0 Å². The van der Waals surface area contributed by atoms with E-state index in [1.807, 2.05) is 42.5 Å². The van der Waals surface area contributed by atoms with Crippen LogP contribution in [0.5, 0.6) is 0 Å². The third kappa shape index (κ3) is 3.23. The summed E-state index contributed by atoms with van der Waals surface area (Å²) in [6.07, 6.45) is 0. The predicted molar refractivity (Wildman–Crippen MR) is 98.4 cm³/mol. The van der Waals surface area contributed by atoms with Gasteiger partial charge in [0.05, 0.1) is 0 Å². The van der Waals surface area contributed by atoms with E-state index in [1.54, 1.807) is 0 Å². The molecule has 0 radical (unpaired) electrons. The molecule has 2 heteroatoms. The highest BCUT2D eigenvalue weighted by atomic mass is 32.1. The van der Waals surface area contributed by atoms with Crippen LogP contribution >= 0.6 is 12.2 Å². The first kappa shape index (κ1) is 14.5. The van der Waals surface area contributed by atoms with Gasteiger partial charge < -0.3 is 5.32 Å². The molecule has 0 aliphatic rings. The molecule has 3 aromatic carbocycles. The normalized spacial score (nSPS) is 10.2. The Morgan fingerprint density at radius 2 is 1.41 bits per heavy atom. The van der Waals surface area contributed by atoms with E-state index in [0.29, 0.717) is 0 Å². The highest BCUT2D eigenvalue weighted by Gasteiger charge is 2.09. The van der Waals surface area contributed by atoms with Crippen molar-refractivity contribution >= 4 is 22.9 Å². The van der Waals surface area contributed by atoms with Crippen molar-refractivity contribution < 1.29 is 0 Å². The van der Waals surface area contributed by atoms with E-state index in [4.69, 9.17) is 12.2 Å². The number of thiocarbonyl (C=S) groups is 1. The first-order valence-electron chi connectivity index (χ1n) is 7.26. The van der Waals surface area contributed by atoms with E-state index in [9.17, 15) is 0 Å². The summed E-state index contributed by atoms with van der Waals surface area (Å²) in [4.78, 5) is 0.739. The lowest BCUT2D eigenvalue weighted by Gasteiger charge is -2.13. The number of nitrogens with one attached hydrogen (secondary N) is 1. The van der Waals surface area contributed by atoms with Crippen molar-refractivity contribution in [2.75, 3.05) is 5.32 Å². The van der Waals surface area contributed by atoms with Crippen LogP contribution in [0.1, 0.15) is 11.1 Å². The quantitative estimate of drug-likeness (QED) is 0.646. The average Bonchev–Trinajstić information content (AvgIpc) is 2.58. The molecule has 108 valence electrons. The second-order valence-electron chi connectivity index (χ2n) is 5.23. The summed E-state index contributed by atoms with van der Waals surface area (Å²) in [7, 11) is 0. The van der Waals surface area contributed by atoms with Crippen molar-refractivity contribution in [2.45, 2.75) is 6.92 Å². The molecular formula is C20H17NS. The molecule has 0 aliphatic carbocycles. The minimum Gasteiger partial charge on any atom is -0.346 e.